The predicted octanol–water partition coefficient (Wildman–Crippen LogP) is 3.75. The Kier molecular flexibility index (Phi) is 7.41. The lowest BCUT2D eigenvalue weighted by atomic mass is 10.0. The Hall–Kier alpha value is -2.88. The summed E-state index contributed by atoms with van der Waals surface area (Å²) in [6, 6.07) is 10.4. The summed E-state index contributed by atoms with van der Waals surface area (Å²) in [4.78, 5) is 23.5. The molecule has 0 spiro atoms. The van der Waals surface area contributed by atoms with E-state index in [9.17, 15) is 9.18 Å². The number of halogens is 1. The number of rotatable bonds is 7. The summed E-state index contributed by atoms with van der Waals surface area (Å²) in [6.07, 6.45) is 4.35. The minimum absolute atomic E-state index is 0.232. The Labute approximate surface area is 190 Å². The van der Waals surface area contributed by atoms with Crippen LogP contribution in [0.1, 0.15) is 5.56 Å². The van der Waals surface area contributed by atoms with E-state index in [4.69, 9.17) is 9.47 Å². The Bertz CT molecular complexity index is 1040. The number of hydrogen-bond donors (Lipinski definition) is 1. The predicted molar refractivity (Wildman–Crippen MR) is 121 cm³/mol. The zero-order valence-electron chi connectivity index (χ0n) is 17.8. The van der Waals surface area contributed by atoms with Gasteiger partial charge in [0.05, 0.1) is 31.7 Å². The van der Waals surface area contributed by atoms with Gasteiger partial charge < -0.3 is 14.8 Å². The number of thiazole rings is 1. The second-order valence-corrected chi connectivity index (χ2v) is 8.70. The highest BCUT2D eigenvalue weighted by Gasteiger charge is 2.21. The molecule has 1 saturated heterocycles. The van der Waals surface area contributed by atoms with Crippen LogP contribution in [0.15, 0.2) is 48.8 Å². The Balaban J connectivity index is 1.39. The van der Waals surface area contributed by atoms with Gasteiger partial charge in [0, 0.05) is 25.5 Å². The van der Waals surface area contributed by atoms with Gasteiger partial charge in [-0.25, -0.2) is 14.4 Å². The average molecular weight is 457 g/mol. The Morgan fingerprint density at radius 2 is 2.16 bits per heavy atom. The molecule has 1 fully saturated rings. The molecule has 7 nitrogen and oxygen atoms in total. The van der Waals surface area contributed by atoms with Crippen molar-refractivity contribution >= 4 is 28.3 Å². The van der Waals surface area contributed by atoms with Crippen molar-refractivity contribution in [2.45, 2.75) is 6.42 Å². The number of ether oxygens (including phenoxy) is 2. The number of benzene rings is 1. The largest absolute Gasteiger partial charge is 0.468 e. The number of nitrogens with one attached hydrogen (secondary N) is 1. The van der Waals surface area contributed by atoms with Gasteiger partial charge in [-0.05, 0) is 47.7 Å². The van der Waals surface area contributed by atoms with Crippen molar-refractivity contribution in [3.8, 4) is 10.4 Å². The molecule has 0 radical (unpaired) electrons. The zero-order chi connectivity index (χ0) is 22.3. The number of carbonyl (C=O) groups is 1. The van der Waals surface area contributed by atoms with E-state index in [1.165, 1.54) is 30.6 Å². The van der Waals surface area contributed by atoms with E-state index in [2.05, 4.69) is 20.2 Å². The van der Waals surface area contributed by atoms with Crippen LogP contribution in [-0.2, 0) is 20.7 Å². The molecule has 1 N–H and O–H groups in total. The first-order valence-corrected chi connectivity index (χ1v) is 11.2. The second-order valence-electron chi connectivity index (χ2n) is 7.67. The highest BCUT2D eigenvalue weighted by atomic mass is 32.1. The summed E-state index contributed by atoms with van der Waals surface area (Å²) in [5.74, 6) is 0.487. The van der Waals surface area contributed by atoms with Gasteiger partial charge in [0.15, 0.2) is 5.13 Å². The smallest absolute Gasteiger partial charge is 0.319 e. The van der Waals surface area contributed by atoms with Gasteiger partial charge in [-0.2, -0.15) is 0 Å². The van der Waals surface area contributed by atoms with Crippen molar-refractivity contribution < 1.29 is 18.7 Å². The minimum atomic E-state index is -0.259. The normalized spacial score (nSPS) is 17.0. The lowest BCUT2D eigenvalue weighted by Crippen LogP contribution is -2.35. The molecule has 3 heterocycles. The van der Waals surface area contributed by atoms with Crippen LogP contribution in [0, 0.1) is 11.7 Å². The van der Waals surface area contributed by atoms with Crippen LogP contribution in [0.4, 0.5) is 15.3 Å². The van der Waals surface area contributed by atoms with E-state index in [1.54, 1.807) is 24.5 Å². The Morgan fingerprint density at radius 1 is 1.31 bits per heavy atom. The number of nitrogens with zero attached hydrogens (tertiary/aromatic N) is 3. The third-order valence-corrected chi connectivity index (χ3v) is 6.18. The molecule has 9 heteroatoms. The van der Waals surface area contributed by atoms with E-state index in [0.29, 0.717) is 19.0 Å². The molecule has 4 rings (SSSR count). The summed E-state index contributed by atoms with van der Waals surface area (Å²) in [5, 5.41) is 3.98. The summed E-state index contributed by atoms with van der Waals surface area (Å²) >= 11 is 1.48. The molecule has 1 aromatic carbocycles. The molecule has 1 aliphatic heterocycles. The van der Waals surface area contributed by atoms with Crippen LogP contribution in [0.2, 0.25) is 0 Å². The maximum absolute atomic E-state index is 13.2. The number of carbonyl (C=O) groups excluding carboxylic acids is 1. The fraction of sp³-hybridized carbons (Fsp3) is 0.348. The molecular formula is C23H25FN4O3S. The van der Waals surface area contributed by atoms with Crippen LogP contribution >= 0.6 is 11.3 Å². The van der Waals surface area contributed by atoms with Crippen LogP contribution in [0.3, 0.4) is 0 Å². The highest BCUT2D eigenvalue weighted by Crippen LogP contribution is 2.30. The standard InChI is InChI=1S/C23H25FN4O3S/c1-30-22(29)14-28-8-9-31-15-17(13-28)10-16-6-7-25-21(11-16)27-23-26-12-20(32-23)18-2-4-19(24)5-3-18/h2-7,11-12,17H,8-10,13-15H2,1H3,(H,25,26,27). The van der Waals surface area contributed by atoms with E-state index in [-0.39, 0.29) is 24.2 Å². The van der Waals surface area contributed by atoms with Crippen molar-refractivity contribution in [2.75, 3.05) is 45.3 Å². The lowest BCUT2D eigenvalue weighted by Gasteiger charge is -2.22. The molecular weight excluding hydrogens is 431 g/mol. The molecule has 0 aliphatic carbocycles. The summed E-state index contributed by atoms with van der Waals surface area (Å²) in [6.45, 7) is 3.02. The molecule has 32 heavy (non-hydrogen) atoms. The van der Waals surface area contributed by atoms with Crippen molar-refractivity contribution in [3.63, 3.8) is 0 Å². The van der Waals surface area contributed by atoms with E-state index < -0.39 is 0 Å². The fourth-order valence-electron chi connectivity index (χ4n) is 3.66. The maximum atomic E-state index is 13.2. The molecule has 168 valence electrons. The zero-order valence-corrected chi connectivity index (χ0v) is 18.6. The third-order valence-electron chi connectivity index (χ3n) is 5.22. The third kappa shape index (κ3) is 6.09. The van der Waals surface area contributed by atoms with Crippen LogP contribution in [-0.4, -0.2) is 60.8 Å². The molecule has 0 amide bonds. The fourth-order valence-corrected chi connectivity index (χ4v) is 4.49. The van der Waals surface area contributed by atoms with Gasteiger partial charge in [-0.3, -0.25) is 9.69 Å². The van der Waals surface area contributed by atoms with Gasteiger partial charge in [0.25, 0.3) is 0 Å². The van der Waals surface area contributed by atoms with Crippen molar-refractivity contribution in [1.82, 2.24) is 14.9 Å². The molecule has 3 aromatic rings. The first-order valence-electron chi connectivity index (χ1n) is 10.4. The van der Waals surface area contributed by atoms with Crippen LogP contribution in [0.5, 0.6) is 0 Å². The molecule has 0 bridgehead atoms. The average Bonchev–Trinajstić information content (AvgIpc) is 3.14. The SMILES string of the molecule is COC(=O)CN1CCOCC(Cc2ccnc(Nc3ncc(-c4ccc(F)cc4)s3)c2)C1. The molecule has 1 atom stereocenters. The summed E-state index contributed by atoms with van der Waals surface area (Å²) in [5.41, 5.74) is 2.05. The lowest BCUT2D eigenvalue weighted by molar-refractivity contribution is -0.142. The van der Waals surface area contributed by atoms with Crippen molar-refractivity contribution in [3.05, 3.63) is 60.2 Å². The quantitative estimate of drug-likeness (QED) is 0.543. The second kappa shape index (κ2) is 10.6. The topological polar surface area (TPSA) is 76.6 Å². The van der Waals surface area contributed by atoms with Gasteiger partial charge in [0.2, 0.25) is 0 Å². The molecule has 0 saturated carbocycles. The molecule has 1 aliphatic rings. The first kappa shape index (κ1) is 22.3. The molecule has 1 unspecified atom stereocenters. The van der Waals surface area contributed by atoms with Gasteiger partial charge in [-0.1, -0.05) is 23.5 Å². The van der Waals surface area contributed by atoms with Crippen molar-refractivity contribution in [2.24, 2.45) is 5.92 Å². The van der Waals surface area contributed by atoms with Gasteiger partial charge >= 0.3 is 5.97 Å². The van der Waals surface area contributed by atoms with E-state index in [1.807, 2.05) is 12.1 Å². The maximum Gasteiger partial charge on any atom is 0.319 e. The number of methoxy groups -OCH3 is 1. The number of pyridine rings is 1. The van der Waals surface area contributed by atoms with E-state index >= 15 is 0 Å². The van der Waals surface area contributed by atoms with Crippen LogP contribution < -0.4 is 5.32 Å². The number of hydrogen-bond acceptors (Lipinski definition) is 8. The van der Waals surface area contributed by atoms with Crippen LogP contribution in [0.25, 0.3) is 10.4 Å². The van der Waals surface area contributed by atoms with Crippen molar-refractivity contribution in [1.29, 1.82) is 0 Å². The van der Waals surface area contributed by atoms with Gasteiger partial charge in [-0.15, -0.1) is 0 Å². The summed E-state index contributed by atoms with van der Waals surface area (Å²) < 4.78 is 23.7. The number of anilines is 2. The highest BCUT2D eigenvalue weighted by molar-refractivity contribution is 7.18. The van der Waals surface area contributed by atoms with Gasteiger partial charge in [0.1, 0.15) is 11.6 Å². The Morgan fingerprint density at radius 3 is 2.97 bits per heavy atom. The summed E-state index contributed by atoms with van der Waals surface area (Å²) in [7, 11) is 1.41. The molecule has 2 aromatic heterocycles. The minimum Gasteiger partial charge on any atom is -0.468 e. The monoisotopic (exact) mass is 456 g/mol. The number of aromatic nitrogens is 2. The number of esters is 1. The first-order chi connectivity index (χ1) is 15.6. The van der Waals surface area contributed by atoms with E-state index in [0.717, 1.165) is 40.6 Å².